The number of aromatic nitrogens is 1. The van der Waals surface area contributed by atoms with Crippen molar-refractivity contribution in [2.45, 2.75) is 0 Å². The number of hydrogen-bond donors (Lipinski definition) is 1. The van der Waals surface area contributed by atoms with Gasteiger partial charge in [-0.3, -0.25) is 4.79 Å². The van der Waals surface area contributed by atoms with E-state index in [2.05, 4.69) is 10.3 Å². The molecule has 4 nitrogen and oxygen atoms in total. The summed E-state index contributed by atoms with van der Waals surface area (Å²) in [5.74, 6) is 0.343. The van der Waals surface area contributed by atoms with Crippen molar-refractivity contribution in [3.63, 3.8) is 0 Å². The fraction of sp³-hybridized carbons (Fsp3) is 0.0526. The number of ether oxygens (including phenoxy) is 1. The number of carbonyl (C=O) groups is 1. The maximum atomic E-state index is 12.6. The molecule has 25 heavy (non-hydrogen) atoms. The minimum atomic E-state index is -0.215. The molecule has 0 unspecified atom stereocenters. The van der Waals surface area contributed by atoms with Gasteiger partial charge in [0.15, 0.2) is 0 Å². The Morgan fingerprint density at radius 2 is 1.96 bits per heavy atom. The van der Waals surface area contributed by atoms with Crippen molar-refractivity contribution in [1.29, 1.82) is 0 Å². The van der Waals surface area contributed by atoms with Gasteiger partial charge in [-0.05, 0) is 36.4 Å². The third kappa shape index (κ3) is 3.04. The predicted molar refractivity (Wildman–Crippen MR) is 103 cm³/mol. The summed E-state index contributed by atoms with van der Waals surface area (Å²) in [6.45, 7) is 0. The van der Waals surface area contributed by atoms with Gasteiger partial charge in [0, 0.05) is 15.8 Å². The summed E-state index contributed by atoms with van der Waals surface area (Å²) in [6, 6.07) is 16.9. The van der Waals surface area contributed by atoms with E-state index in [1.54, 1.807) is 25.3 Å². The highest BCUT2D eigenvalue weighted by molar-refractivity contribution is 7.20. The summed E-state index contributed by atoms with van der Waals surface area (Å²) in [6.07, 6.45) is 0. The van der Waals surface area contributed by atoms with Crippen LogP contribution in [0.4, 0.5) is 5.69 Å². The highest BCUT2D eigenvalue weighted by Gasteiger charge is 2.14. The lowest BCUT2D eigenvalue weighted by atomic mass is 10.2. The quantitative estimate of drug-likeness (QED) is 0.529. The first-order valence-electron chi connectivity index (χ1n) is 7.58. The second kappa shape index (κ2) is 6.35. The van der Waals surface area contributed by atoms with Gasteiger partial charge in [-0.1, -0.05) is 29.8 Å². The molecule has 0 spiro atoms. The van der Waals surface area contributed by atoms with E-state index in [-0.39, 0.29) is 5.91 Å². The van der Waals surface area contributed by atoms with Crippen LogP contribution in [-0.2, 0) is 0 Å². The summed E-state index contributed by atoms with van der Waals surface area (Å²) in [4.78, 5) is 18.7. The van der Waals surface area contributed by atoms with Gasteiger partial charge in [0.25, 0.3) is 5.91 Å². The molecule has 4 aromatic rings. The standard InChI is InChI=1S/C19H13ClN2O2S/c1-24-16-7-6-13(20)10-15(16)21-18(23)17-9-12-8-11-4-2-3-5-14(11)22-19(12)25-17/h2-10H,1H3,(H,21,23). The Labute approximate surface area is 153 Å². The Kier molecular flexibility index (Phi) is 4.03. The van der Waals surface area contributed by atoms with Crippen LogP contribution in [0.15, 0.2) is 54.6 Å². The van der Waals surface area contributed by atoms with Gasteiger partial charge >= 0.3 is 0 Å². The Hall–Kier alpha value is -2.63. The number of pyridine rings is 1. The second-order valence-corrected chi connectivity index (χ2v) is 6.95. The first-order valence-corrected chi connectivity index (χ1v) is 8.78. The molecule has 0 atom stereocenters. The van der Waals surface area contributed by atoms with Gasteiger partial charge in [0.2, 0.25) is 0 Å². The first kappa shape index (κ1) is 15.9. The monoisotopic (exact) mass is 368 g/mol. The third-order valence-electron chi connectivity index (χ3n) is 3.84. The van der Waals surface area contributed by atoms with E-state index in [0.29, 0.717) is 21.3 Å². The van der Waals surface area contributed by atoms with Crippen LogP contribution in [0.3, 0.4) is 0 Å². The van der Waals surface area contributed by atoms with Gasteiger partial charge in [-0.2, -0.15) is 0 Å². The normalized spacial score (nSPS) is 11.0. The molecule has 6 heteroatoms. The second-order valence-electron chi connectivity index (χ2n) is 5.48. The SMILES string of the molecule is COc1ccc(Cl)cc1NC(=O)c1cc2cc3ccccc3nc2s1. The lowest BCUT2D eigenvalue weighted by Crippen LogP contribution is -2.11. The fourth-order valence-corrected chi connectivity index (χ4v) is 3.74. The van der Waals surface area contributed by atoms with Crippen LogP contribution >= 0.6 is 22.9 Å². The average Bonchev–Trinajstić information content (AvgIpc) is 3.03. The lowest BCUT2D eigenvalue weighted by Gasteiger charge is -2.09. The van der Waals surface area contributed by atoms with Crippen LogP contribution in [-0.4, -0.2) is 18.0 Å². The van der Waals surface area contributed by atoms with Crippen molar-refractivity contribution < 1.29 is 9.53 Å². The van der Waals surface area contributed by atoms with Crippen molar-refractivity contribution in [2.24, 2.45) is 0 Å². The van der Waals surface area contributed by atoms with Crippen LogP contribution in [0.1, 0.15) is 9.67 Å². The van der Waals surface area contributed by atoms with E-state index in [1.807, 2.05) is 36.4 Å². The summed E-state index contributed by atoms with van der Waals surface area (Å²) in [5.41, 5.74) is 1.45. The number of methoxy groups -OCH3 is 1. The molecular formula is C19H13ClN2O2S. The number of anilines is 1. The molecule has 4 rings (SSSR count). The summed E-state index contributed by atoms with van der Waals surface area (Å²) in [5, 5.41) is 5.39. The number of halogens is 1. The summed E-state index contributed by atoms with van der Waals surface area (Å²) < 4.78 is 5.27. The van der Waals surface area contributed by atoms with E-state index >= 15 is 0 Å². The van der Waals surface area contributed by atoms with Gasteiger partial charge in [0.1, 0.15) is 10.6 Å². The number of amides is 1. The van der Waals surface area contributed by atoms with Crippen molar-refractivity contribution in [3.8, 4) is 5.75 Å². The zero-order chi connectivity index (χ0) is 17.4. The lowest BCUT2D eigenvalue weighted by molar-refractivity contribution is 0.103. The fourth-order valence-electron chi connectivity index (χ4n) is 2.65. The molecule has 0 saturated carbocycles. The number of carbonyl (C=O) groups excluding carboxylic acids is 1. The molecule has 0 aliphatic rings. The van der Waals surface area contributed by atoms with Crippen LogP contribution < -0.4 is 10.1 Å². The molecule has 0 radical (unpaired) electrons. The van der Waals surface area contributed by atoms with Gasteiger partial charge < -0.3 is 10.1 Å². The average molecular weight is 369 g/mol. The van der Waals surface area contributed by atoms with E-state index in [0.717, 1.165) is 21.1 Å². The summed E-state index contributed by atoms with van der Waals surface area (Å²) >= 11 is 7.37. The van der Waals surface area contributed by atoms with E-state index in [1.165, 1.54) is 11.3 Å². The minimum Gasteiger partial charge on any atom is -0.495 e. The van der Waals surface area contributed by atoms with Crippen LogP contribution in [0.2, 0.25) is 5.02 Å². The maximum Gasteiger partial charge on any atom is 0.265 e. The number of benzene rings is 2. The van der Waals surface area contributed by atoms with E-state index < -0.39 is 0 Å². The minimum absolute atomic E-state index is 0.215. The molecule has 0 bridgehead atoms. The highest BCUT2D eigenvalue weighted by atomic mass is 35.5. The van der Waals surface area contributed by atoms with Crippen molar-refractivity contribution in [1.82, 2.24) is 4.98 Å². The number of nitrogens with zero attached hydrogens (tertiary/aromatic N) is 1. The van der Waals surface area contributed by atoms with Crippen molar-refractivity contribution in [3.05, 3.63) is 64.5 Å². The zero-order valence-corrected chi connectivity index (χ0v) is 14.8. The molecule has 124 valence electrons. The number of para-hydroxylation sites is 1. The number of hydrogen-bond acceptors (Lipinski definition) is 4. The van der Waals surface area contributed by atoms with Crippen molar-refractivity contribution in [2.75, 3.05) is 12.4 Å². The van der Waals surface area contributed by atoms with Crippen molar-refractivity contribution >= 4 is 55.7 Å². The molecule has 0 aliphatic carbocycles. The Morgan fingerprint density at radius 3 is 2.80 bits per heavy atom. The molecule has 0 saturated heterocycles. The molecular weight excluding hydrogens is 356 g/mol. The first-order chi connectivity index (χ1) is 12.1. The van der Waals surface area contributed by atoms with Crippen LogP contribution in [0, 0.1) is 0 Å². The van der Waals surface area contributed by atoms with Gasteiger partial charge in [-0.15, -0.1) is 11.3 Å². The largest absolute Gasteiger partial charge is 0.495 e. The maximum absolute atomic E-state index is 12.6. The van der Waals surface area contributed by atoms with Gasteiger partial charge in [0.05, 0.1) is 23.2 Å². The Bertz CT molecular complexity index is 1050. The number of thiophene rings is 1. The molecule has 1 amide bonds. The number of fused-ring (bicyclic) bond motifs is 2. The predicted octanol–water partition coefficient (Wildman–Crippen LogP) is 5.36. The highest BCUT2D eigenvalue weighted by Crippen LogP contribution is 2.31. The zero-order valence-electron chi connectivity index (χ0n) is 13.2. The molecule has 1 N–H and O–H groups in total. The summed E-state index contributed by atoms with van der Waals surface area (Å²) in [7, 11) is 1.55. The molecule has 2 heterocycles. The topological polar surface area (TPSA) is 51.2 Å². The third-order valence-corrected chi connectivity index (χ3v) is 5.12. The molecule has 0 fully saturated rings. The van der Waals surface area contributed by atoms with E-state index in [4.69, 9.17) is 16.3 Å². The van der Waals surface area contributed by atoms with E-state index in [9.17, 15) is 4.79 Å². The van der Waals surface area contributed by atoms with Gasteiger partial charge in [-0.25, -0.2) is 4.98 Å². The van der Waals surface area contributed by atoms with Crippen LogP contribution in [0.25, 0.3) is 21.1 Å². The Balaban J connectivity index is 1.70. The smallest absolute Gasteiger partial charge is 0.265 e. The Morgan fingerprint density at radius 1 is 1.12 bits per heavy atom. The number of rotatable bonds is 3. The van der Waals surface area contributed by atoms with Crippen LogP contribution in [0.5, 0.6) is 5.75 Å². The molecule has 2 aromatic carbocycles. The molecule has 0 aliphatic heterocycles. The molecule has 2 aromatic heterocycles. The number of nitrogens with one attached hydrogen (secondary N) is 1.